The molecule has 0 saturated heterocycles. The summed E-state index contributed by atoms with van der Waals surface area (Å²) in [6, 6.07) is 5.63. The lowest BCUT2D eigenvalue weighted by Crippen LogP contribution is -2.52. The summed E-state index contributed by atoms with van der Waals surface area (Å²) in [6.45, 7) is 8.60. The number of ether oxygens (including phenoxy) is 1. The van der Waals surface area contributed by atoms with E-state index in [4.69, 9.17) is 16.3 Å². The van der Waals surface area contributed by atoms with Crippen molar-refractivity contribution in [3.63, 3.8) is 0 Å². The fourth-order valence-electron chi connectivity index (χ4n) is 3.08. The zero-order valence-corrected chi connectivity index (χ0v) is 14.0. The molecular formula is C17H21ClN2O2. The highest BCUT2D eigenvalue weighted by Crippen LogP contribution is 2.42. The normalized spacial score (nSPS) is 23.2. The number of nitrogens with one attached hydrogen (secondary N) is 1. The molecule has 4 nitrogen and oxygen atoms in total. The maximum absolute atomic E-state index is 10.6. The lowest BCUT2D eigenvalue weighted by Gasteiger charge is -2.42. The predicted molar refractivity (Wildman–Crippen MR) is 88.6 cm³/mol. The van der Waals surface area contributed by atoms with Crippen LogP contribution in [0.5, 0.6) is 5.75 Å². The molecule has 1 aliphatic heterocycles. The second-order valence-corrected chi connectivity index (χ2v) is 6.74. The summed E-state index contributed by atoms with van der Waals surface area (Å²) in [4.78, 5) is 4.40. The molecule has 1 aliphatic rings. The number of hydrogen-bond donors (Lipinski definition) is 2. The summed E-state index contributed by atoms with van der Waals surface area (Å²) in [5.41, 5.74) is 2.16. The molecule has 2 heterocycles. The van der Waals surface area contributed by atoms with Gasteiger partial charge in [-0.05, 0) is 51.1 Å². The summed E-state index contributed by atoms with van der Waals surface area (Å²) < 4.78 is 6.05. The van der Waals surface area contributed by atoms with Crippen LogP contribution in [0.4, 0.5) is 0 Å². The van der Waals surface area contributed by atoms with Gasteiger partial charge < -0.3 is 15.2 Å². The van der Waals surface area contributed by atoms with Gasteiger partial charge in [0.15, 0.2) is 0 Å². The molecule has 0 spiro atoms. The second kappa shape index (κ2) is 5.37. The first kappa shape index (κ1) is 15.5. The third kappa shape index (κ3) is 2.45. The van der Waals surface area contributed by atoms with Crippen molar-refractivity contribution in [2.45, 2.75) is 45.4 Å². The summed E-state index contributed by atoms with van der Waals surface area (Å²) in [6.07, 6.45) is -0.641. The minimum Gasteiger partial charge on any atom is -0.485 e. The van der Waals surface area contributed by atoms with Crippen LogP contribution in [0.3, 0.4) is 0 Å². The molecule has 1 aromatic carbocycles. The predicted octanol–water partition coefficient (Wildman–Crippen LogP) is 3.38. The average molecular weight is 321 g/mol. The summed E-state index contributed by atoms with van der Waals surface area (Å²) in [5.74, 6) is 0.793. The molecule has 118 valence electrons. The Morgan fingerprint density at radius 1 is 1.36 bits per heavy atom. The molecule has 2 atom stereocenters. The number of fused-ring (bicyclic) bond motifs is 2. The number of pyridine rings is 1. The number of hydrogen-bond acceptors (Lipinski definition) is 4. The van der Waals surface area contributed by atoms with Gasteiger partial charge in [0.05, 0.1) is 11.6 Å². The van der Waals surface area contributed by atoms with Gasteiger partial charge in [-0.1, -0.05) is 18.5 Å². The number of likely N-dealkylation sites (N-methyl/N-ethyl adjacent to an activating group) is 1. The Kier molecular flexibility index (Phi) is 3.79. The van der Waals surface area contributed by atoms with Gasteiger partial charge in [-0.3, -0.25) is 0 Å². The Hall–Kier alpha value is -1.36. The smallest absolute Gasteiger partial charge is 0.131 e. The van der Waals surface area contributed by atoms with Gasteiger partial charge in [-0.2, -0.15) is 0 Å². The molecule has 22 heavy (non-hydrogen) atoms. The fraction of sp³-hybridized carbons (Fsp3) is 0.471. The first-order valence-corrected chi connectivity index (χ1v) is 7.92. The quantitative estimate of drug-likeness (QED) is 0.833. The van der Waals surface area contributed by atoms with E-state index >= 15 is 0 Å². The van der Waals surface area contributed by atoms with Gasteiger partial charge >= 0.3 is 0 Å². The van der Waals surface area contributed by atoms with E-state index in [2.05, 4.69) is 10.3 Å². The highest BCUT2D eigenvalue weighted by atomic mass is 35.5. The second-order valence-electron chi connectivity index (χ2n) is 6.35. The van der Waals surface area contributed by atoms with Crippen molar-refractivity contribution in [1.29, 1.82) is 0 Å². The van der Waals surface area contributed by atoms with Crippen molar-refractivity contribution in [2.75, 3.05) is 6.54 Å². The Bertz CT molecular complexity index is 730. The topological polar surface area (TPSA) is 54.4 Å². The lowest BCUT2D eigenvalue weighted by molar-refractivity contribution is -0.0640. The average Bonchev–Trinajstić information content (AvgIpc) is 2.43. The van der Waals surface area contributed by atoms with Crippen molar-refractivity contribution >= 4 is 22.5 Å². The third-order valence-corrected chi connectivity index (χ3v) is 4.47. The van der Waals surface area contributed by atoms with Crippen LogP contribution in [-0.2, 0) is 0 Å². The van der Waals surface area contributed by atoms with E-state index in [-0.39, 0.29) is 6.04 Å². The highest BCUT2D eigenvalue weighted by molar-refractivity contribution is 6.29. The van der Waals surface area contributed by atoms with Crippen LogP contribution < -0.4 is 10.1 Å². The van der Waals surface area contributed by atoms with Gasteiger partial charge in [0.1, 0.15) is 22.6 Å². The standard InChI is InChI=1S/C17H21ClN2O2/c1-5-19-15-11-7-12-10(9(2)6-14(18)20-12)8-13(11)22-17(3,4)16(15)21/h6-8,15-16,19,21H,5H2,1-4H3. The molecule has 2 unspecified atom stereocenters. The van der Waals surface area contributed by atoms with Gasteiger partial charge in [0.2, 0.25) is 0 Å². The zero-order chi connectivity index (χ0) is 16.1. The van der Waals surface area contributed by atoms with E-state index in [1.165, 1.54) is 0 Å². The first-order valence-electron chi connectivity index (χ1n) is 7.54. The molecular weight excluding hydrogens is 300 g/mol. The monoisotopic (exact) mass is 320 g/mol. The molecule has 5 heteroatoms. The zero-order valence-electron chi connectivity index (χ0n) is 13.3. The summed E-state index contributed by atoms with van der Waals surface area (Å²) >= 11 is 6.07. The molecule has 1 aromatic heterocycles. The number of rotatable bonds is 2. The van der Waals surface area contributed by atoms with Crippen LogP contribution >= 0.6 is 11.6 Å². The molecule has 0 aliphatic carbocycles. The fourth-order valence-corrected chi connectivity index (χ4v) is 3.34. The lowest BCUT2D eigenvalue weighted by atomic mass is 9.86. The SMILES string of the molecule is CCNC1c2cc3nc(Cl)cc(C)c3cc2OC(C)(C)C1O. The van der Waals surface area contributed by atoms with Crippen molar-refractivity contribution < 1.29 is 9.84 Å². The highest BCUT2D eigenvalue weighted by Gasteiger charge is 2.42. The maximum atomic E-state index is 10.6. The Labute approximate surface area is 135 Å². The van der Waals surface area contributed by atoms with Crippen LogP contribution in [-0.4, -0.2) is 28.3 Å². The van der Waals surface area contributed by atoms with Crippen molar-refractivity contribution in [2.24, 2.45) is 0 Å². The van der Waals surface area contributed by atoms with Gasteiger partial charge in [-0.15, -0.1) is 0 Å². The molecule has 2 N–H and O–H groups in total. The molecule has 0 radical (unpaired) electrons. The van der Waals surface area contributed by atoms with Crippen LogP contribution in [0.2, 0.25) is 5.15 Å². The number of aliphatic hydroxyl groups is 1. The number of aromatic nitrogens is 1. The molecule has 0 bridgehead atoms. The van der Waals surface area contributed by atoms with E-state index < -0.39 is 11.7 Å². The van der Waals surface area contributed by atoms with Crippen LogP contribution in [0.15, 0.2) is 18.2 Å². The molecule has 0 saturated carbocycles. The Balaban J connectivity index is 2.24. The molecule has 3 rings (SSSR count). The van der Waals surface area contributed by atoms with E-state index in [1.807, 2.05) is 45.9 Å². The summed E-state index contributed by atoms with van der Waals surface area (Å²) in [5, 5.41) is 15.5. The van der Waals surface area contributed by atoms with E-state index in [0.717, 1.165) is 34.3 Å². The van der Waals surface area contributed by atoms with Gasteiger partial charge in [0.25, 0.3) is 0 Å². The first-order chi connectivity index (χ1) is 10.3. The van der Waals surface area contributed by atoms with Crippen molar-refractivity contribution in [3.8, 4) is 5.75 Å². The van der Waals surface area contributed by atoms with Crippen molar-refractivity contribution in [3.05, 3.63) is 34.5 Å². The minimum absolute atomic E-state index is 0.186. The molecule has 0 amide bonds. The number of benzene rings is 1. The van der Waals surface area contributed by atoms with E-state index in [1.54, 1.807) is 0 Å². The Morgan fingerprint density at radius 2 is 2.09 bits per heavy atom. The molecule has 2 aromatic rings. The largest absolute Gasteiger partial charge is 0.485 e. The van der Waals surface area contributed by atoms with Crippen LogP contribution in [0.25, 0.3) is 10.9 Å². The van der Waals surface area contributed by atoms with Gasteiger partial charge in [0, 0.05) is 10.9 Å². The van der Waals surface area contributed by atoms with Crippen molar-refractivity contribution in [1.82, 2.24) is 10.3 Å². The number of halogens is 1. The number of aliphatic hydroxyl groups excluding tert-OH is 1. The maximum Gasteiger partial charge on any atom is 0.131 e. The third-order valence-electron chi connectivity index (χ3n) is 4.28. The van der Waals surface area contributed by atoms with Crippen LogP contribution in [0.1, 0.15) is 37.9 Å². The van der Waals surface area contributed by atoms with Gasteiger partial charge in [-0.25, -0.2) is 4.98 Å². The molecule has 0 fully saturated rings. The summed E-state index contributed by atoms with van der Waals surface area (Å²) in [7, 11) is 0. The van der Waals surface area contributed by atoms with E-state index in [0.29, 0.717) is 5.15 Å². The number of nitrogens with zero attached hydrogens (tertiary/aromatic N) is 1. The van der Waals surface area contributed by atoms with Crippen LogP contribution in [0, 0.1) is 6.92 Å². The minimum atomic E-state index is -0.652. The van der Waals surface area contributed by atoms with E-state index in [9.17, 15) is 5.11 Å². The Morgan fingerprint density at radius 3 is 2.77 bits per heavy atom. The number of aryl methyl sites for hydroxylation is 1.